The molecule has 1 aliphatic heterocycles. The molecule has 1 aromatic carbocycles. The van der Waals surface area contributed by atoms with E-state index in [4.69, 9.17) is 9.47 Å². The number of carbonyl (C=O) groups excluding carboxylic acids is 1. The first-order valence-corrected chi connectivity index (χ1v) is 8.48. The number of rotatable bonds is 3. The van der Waals surface area contributed by atoms with Crippen LogP contribution < -0.4 is 4.74 Å². The second kappa shape index (κ2) is 7.32. The molecule has 0 bridgehead atoms. The Morgan fingerprint density at radius 1 is 1.16 bits per heavy atom. The fourth-order valence-electron chi connectivity index (χ4n) is 2.91. The van der Waals surface area contributed by atoms with Gasteiger partial charge < -0.3 is 14.4 Å². The van der Waals surface area contributed by atoms with Crippen LogP contribution in [0.5, 0.6) is 5.75 Å². The average molecular weight is 345 g/mol. The first-order valence-electron chi connectivity index (χ1n) is 8.48. The molecule has 6 nitrogen and oxygen atoms in total. The van der Waals surface area contributed by atoms with Gasteiger partial charge in [-0.2, -0.15) is 5.26 Å². The Kier molecular flexibility index (Phi) is 5.58. The van der Waals surface area contributed by atoms with Crippen molar-refractivity contribution < 1.29 is 14.3 Å². The third kappa shape index (κ3) is 4.43. The Hall–Kier alpha value is -2.26. The van der Waals surface area contributed by atoms with E-state index < -0.39 is 11.1 Å². The number of hydrogen-bond acceptors (Lipinski definition) is 5. The average Bonchev–Trinajstić information content (AvgIpc) is 2.59. The summed E-state index contributed by atoms with van der Waals surface area (Å²) in [5.74, 6) is 0.728. The standard InChI is InChI=1S/C19H27N3O3/c1-18(2,3)25-17(23)21-9-11-22(12-10-21)19(4,14-20)15-7-6-8-16(13-15)24-5/h6-8,13H,9-12H2,1-5H3. The molecule has 1 saturated heterocycles. The minimum absolute atomic E-state index is 0.299. The van der Waals surface area contributed by atoms with Crippen LogP contribution in [-0.4, -0.2) is 54.8 Å². The summed E-state index contributed by atoms with van der Waals surface area (Å²) < 4.78 is 10.7. The summed E-state index contributed by atoms with van der Waals surface area (Å²) in [5, 5.41) is 9.84. The molecule has 2 rings (SSSR count). The van der Waals surface area contributed by atoms with E-state index in [0.717, 1.165) is 11.3 Å². The van der Waals surface area contributed by atoms with E-state index in [1.54, 1.807) is 12.0 Å². The summed E-state index contributed by atoms with van der Waals surface area (Å²) >= 11 is 0. The van der Waals surface area contributed by atoms with E-state index >= 15 is 0 Å². The summed E-state index contributed by atoms with van der Waals surface area (Å²) in [6.07, 6.45) is -0.299. The molecule has 1 atom stereocenters. The minimum Gasteiger partial charge on any atom is -0.497 e. The van der Waals surface area contributed by atoms with Crippen LogP contribution in [0.3, 0.4) is 0 Å². The Labute approximate surface area is 149 Å². The van der Waals surface area contributed by atoms with Gasteiger partial charge in [0.1, 0.15) is 16.9 Å². The summed E-state index contributed by atoms with van der Waals surface area (Å²) in [4.78, 5) is 16.0. The van der Waals surface area contributed by atoms with Gasteiger partial charge in [0.15, 0.2) is 0 Å². The number of carbonyl (C=O) groups is 1. The molecule has 0 aliphatic carbocycles. The molecule has 25 heavy (non-hydrogen) atoms. The van der Waals surface area contributed by atoms with Gasteiger partial charge in [-0.15, -0.1) is 0 Å². The van der Waals surface area contributed by atoms with Gasteiger partial charge in [0.25, 0.3) is 0 Å². The molecule has 6 heteroatoms. The summed E-state index contributed by atoms with van der Waals surface area (Å²) in [6, 6.07) is 10.0. The first kappa shape index (κ1) is 19.1. The summed E-state index contributed by atoms with van der Waals surface area (Å²) in [7, 11) is 1.61. The number of methoxy groups -OCH3 is 1. The van der Waals surface area contributed by atoms with Crippen molar-refractivity contribution in [1.82, 2.24) is 9.80 Å². The zero-order valence-corrected chi connectivity index (χ0v) is 15.7. The Balaban J connectivity index is 2.09. The zero-order chi connectivity index (χ0) is 18.7. The Morgan fingerprint density at radius 2 is 1.80 bits per heavy atom. The number of hydrogen-bond donors (Lipinski definition) is 0. The second-order valence-electron chi connectivity index (χ2n) is 7.37. The molecule has 0 spiro atoms. The monoisotopic (exact) mass is 345 g/mol. The van der Waals surface area contributed by atoms with Crippen molar-refractivity contribution in [3.63, 3.8) is 0 Å². The summed E-state index contributed by atoms with van der Waals surface area (Å²) in [5.41, 5.74) is -0.384. The first-order chi connectivity index (χ1) is 11.7. The topological polar surface area (TPSA) is 65.8 Å². The van der Waals surface area contributed by atoms with Crippen LogP contribution in [0.2, 0.25) is 0 Å². The summed E-state index contributed by atoms with van der Waals surface area (Å²) in [6.45, 7) is 9.78. The van der Waals surface area contributed by atoms with Crippen molar-refractivity contribution in [3.8, 4) is 11.8 Å². The molecule has 1 heterocycles. The second-order valence-corrected chi connectivity index (χ2v) is 7.37. The van der Waals surface area contributed by atoms with E-state index in [9.17, 15) is 10.1 Å². The highest BCUT2D eigenvalue weighted by molar-refractivity contribution is 5.68. The Morgan fingerprint density at radius 3 is 2.32 bits per heavy atom. The minimum atomic E-state index is -0.769. The zero-order valence-electron chi connectivity index (χ0n) is 15.7. The molecule has 1 amide bonds. The van der Waals surface area contributed by atoms with E-state index in [-0.39, 0.29) is 6.09 Å². The molecule has 0 saturated carbocycles. The highest BCUT2D eigenvalue weighted by atomic mass is 16.6. The van der Waals surface area contributed by atoms with Crippen molar-refractivity contribution in [2.24, 2.45) is 0 Å². The largest absolute Gasteiger partial charge is 0.497 e. The van der Waals surface area contributed by atoms with Crippen LogP contribution in [-0.2, 0) is 10.3 Å². The number of ether oxygens (including phenoxy) is 2. The van der Waals surface area contributed by atoms with Crippen LogP contribution in [0, 0.1) is 11.3 Å². The lowest BCUT2D eigenvalue weighted by molar-refractivity contribution is 0.00580. The maximum absolute atomic E-state index is 12.2. The van der Waals surface area contributed by atoms with Crippen LogP contribution in [0.25, 0.3) is 0 Å². The molecular weight excluding hydrogens is 318 g/mol. The number of benzene rings is 1. The molecule has 1 aliphatic rings. The van der Waals surface area contributed by atoms with E-state index in [0.29, 0.717) is 26.2 Å². The molecule has 136 valence electrons. The van der Waals surface area contributed by atoms with Gasteiger partial charge in [-0.05, 0) is 45.4 Å². The number of piperazine rings is 1. The van der Waals surface area contributed by atoms with Crippen LogP contribution in [0.4, 0.5) is 4.79 Å². The quantitative estimate of drug-likeness (QED) is 0.842. The van der Waals surface area contributed by atoms with Gasteiger partial charge in [-0.3, -0.25) is 4.90 Å². The van der Waals surface area contributed by atoms with E-state index in [1.807, 2.05) is 52.0 Å². The molecule has 1 unspecified atom stereocenters. The fourth-order valence-corrected chi connectivity index (χ4v) is 2.91. The van der Waals surface area contributed by atoms with Gasteiger partial charge in [-0.25, -0.2) is 4.79 Å². The van der Waals surface area contributed by atoms with E-state index in [2.05, 4.69) is 11.0 Å². The van der Waals surface area contributed by atoms with Crippen molar-refractivity contribution >= 4 is 6.09 Å². The highest BCUT2D eigenvalue weighted by Gasteiger charge is 2.37. The maximum Gasteiger partial charge on any atom is 0.410 e. The van der Waals surface area contributed by atoms with Crippen LogP contribution in [0.15, 0.2) is 24.3 Å². The lowest BCUT2D eigenvalue weighted by Gasteiger charge is -2.42. The molecule has 0 radical (unpaired) electrons. The molecule has 0 N–H and O–H groups in total. The predicted octanol–water partition coefficient (Wildman–Crippen LogP) is 2.99. The SMILES string of the molecule is COc1cccc(C(C)(C#N)N2CCN(C(=O)OC(C)(C)C)CC2)c1. The highest BCUT2D eigenvalue weighted by Crippen LogP contribution is 2.31. The van der Waals surface area contributed by atoms with Gasteiger partial charge in [-0.1, -0.05) is 12.1 Å². The van der Waals surface area contributed by atoms with Gasteiger partial charge in [0, 0.05) is 26.2 Å². The third-order valence-electron chi connectivity index (χ3n) is 4.41. The van der Waals surface area contributed by atoms with Crippen molar-refractivity contribution in [1.29, 1.82) is 5.26 Å². The van der Waals surface area contributed by atoms with Crippen LogP contribution >= 0.6 is 0 Å². The van der Waals surface area contributed by atoms with Gasteiger partial charge in [0.05, 0.1) is 13.2 Å². The molecule has 1 fully saturated rings. The smallest absolute Gasteiger partial charge is 0.410 e. The third-order valence-corrected chi connectivity index (χ3v) is 4.41. The van der Waals surface area contributed by atoms with Crippen molar-refractivity contribution in [3.05, 3.63) is 29.8 Å². The lowest BCUT2D eigenvalue weighted by atomic mass is 9.90. The number of nitrogens with zero attached hydrogens (tertiary/aromatic N) is 3. The van der Waals surface area contributed by atoms with Crippen molar-refractivity contribution in [2.75, 3.05) is 33.3 Å². The fraction of sp³-hybridized carbons (Fsp3) is 0.579. The van der Waals surface area contributed by atoms with E-state index in [1.165, 1.54) is 0 Å². The van der Waals surface area contributed by atoms with Gasteiger partial charge in [0.2, 0.25) is 0 Å². The predicted molar refractivity (Wildman–Crippen MR) is 95.3 cm³/mol. The molecular formula is C19H27N3O3. The molecule has 1 aromatic rings. The number of amides is 1. The van der Waals surface area contributed by atoms with Crippen molar-refractivity contribution in [2.45, 2.75) is 38.8 Å². The maximum atomic E-state index is 12.2. The van der Waals surface area contributed by atoms with Gasteiger partial charge >= 0.3 is 6.09 Å². The number of nitriles is 1. The normalized spacial score (nSPS) is 18.2. The lowest BCUT2D eigenvalue weighted by Crippen LogP contribution is -2.55. The Bertz CT molecular complexity index is 655. The van der Waals surface area contributed by atoms with Crippen LogP contribution in [0.1, 0.15) is 33.3 Å². The molecule has 0 aromatic heterocycles.